The predicted octanol–water partition coefficient (Wildman–Crippen LogP) is 15.6. The van der Waals surface area contributed by atoms with Crippen molar-refractivity contribution in [3.8, 4) is 90.1 Å². The summed E-state index contributed by atoms with van der Waals surface area (Å²) in [6.45, 7) is 0. The Labute approximate surface area is 396 Å². The van der Waals surface area contributed by atoms with Crippen molar-refractivity contribution >= 4 is 0 Å². The second-order valence-corrected chi connectivity index (χ2v) is 17.7. The molecule has 3 aliphatic carbocycles. The maximum absolute atomic E-state index is 5.33. The van der Waals surface area contributed by atoms with Gasteiger partial charge < -0.3 is 0 Å². The lowest BCUT2D eigenvalue weighted by molar-refractivity contribution is 0.754. The van der Waals surface area contributed by atoms with Crippen molar-refractivity contribution in [3.05, 3.63) is 276 Å². The average molecular weight is 867 g/mol. The van der Waals surface area contributed by atoms with E-state index in [1.807, 2.05) is 12.1 Å². The molecule has 4 heteroatoms. The summed E-state index contributed by atoms with van der Waals surface area (Å²) < 4.78 is 0. The third-order valence-electron chi connectivity index (χ3n) is 13.7. The fraction of sp³-hybridized carbons (Fsp3) is 0.0312. The summed E-state index contributed by atoms with van der Waals surface area (Å²) in [6.07, 6.45) is 0. The predicted molar refractivity (Wildman–Crippen MR) is 276 cm³/mol. The van der Waals surface area contributed by atoms with Crippen LogP contribution >= 0.6 is 0 Å². The third kappa shape index (κ3) is 7.02. The molecule has 2 heterocycles. The topological polar surface area (TPSA) is 51.6 Å². The number of benzene rings is 9. The Kier molecular flexibility index (Phi) is 9.61. The molecular weight excluding hydrogens is 825 g/mol. The second-order valence-electron chi connectivity index (χ2n) is 17.7. The maximum atomic E-state index is 5.33. The minimum absolute atomic E-state index is 0.0439. The molecule has 0 N–H and O–H groups in total. The molecule has 11 aromatic rings. The van der Waals surface area contributed by atoms with Crippen LogP contribution in [0.3, 0.4) is 0 Å². The number of nitrogens with zero attached hydrogens (tertiary/aromatic N) is 4. The molecule has 14 rings (SSSR count). The molecule has 0 fully saturated rings. The van der Waals surface area contributed by atoms with Gasteiger partial charge in [0.1, 0.15) is 0 Å². The zero-order chi connectivity index (χ0) is 45.0. The summed E-state index contributed by atoms with van der Waals surface area (Å²) in [5.74, 6) is 1.50. The average Bonchev–Trinajstić information content (AvgIpc) is 3.43. The van der Waals surface area contributed by atoms with E-state index >= 15 is 0 Å². The van der Waals surface area contributed by atoms with Crippen LogP contribution in [-0.2, 0) is 0 Å². The molecule has 2 unspecified atom stereocenters. The van der Waals surface area contributed by atoms with Crippen LogP contribution in [0.25, 0.3) is 90.1 Å². The van der Waals surface area contributed by atoms with E-state index in [4.69, 9.17) is 19.9 Å². The third-order valence-corrected chi connectivity index (χ3v) is 13.7. The van der Waals surface area contributed by atoms with E-state index in [0.29, 0.717) is 11.6 Å². The van der Waals surface area contributed by atoms with Gasteiger partial charge in [0.2, 0.25) is 0 Å². The molecule has 9 aromatic carbocycles. The number of hydrogen-bond donors (Lipinski definition) is 0. The molecule has 0 saturated carbocycles. The van der Waals surface area contributed by atoms with E-state index in [1.165, 1.54) is 44.5 Å². The van der Waals surface area contributed by atoms with E-state index < -0.39 is 0 Å². The van der Waals surface area contributed by atoms with Gasteiger partial charge in [0.25, 0.3) is 0 Å². The molecule has 2 atom stereocenters. The lowest BCUT2D eigenvalue weighted by Gasteiger charge is -2.42. The molecule has 68 heavy (non-hydrogen) atoms. The Balaban J connectivity index is 0.922. The van der Waals surface area contributed by atoms with E-state index in [2.05, 4.69) is 231 Å². The van der Waals surface area contributed by atoms with Gasteiger partial charge in [-0.1, -0.05) is 206 Å². The van der Waals surface area contributed by atoms with Gasteiger partial charge in [-0.15, -0.1) is 0 Å². The lowest BCUT2D eigenvalue weighted by atomic mass is 9.61. The monoisotopic (exact) mass is 866 g/mol. The van der Waals surface area contributed by atoms with Crippen molar-refractivity contribution in [3.63, 3.8) is 0 Å². The van der Waals surface area contributed by atoms with Crippen molar-refractivity contribution in [2.75, 3.05) is 0 Å². The second kappa shape index (κ2) is 16.5. The summed E-state index contributed by atoms with van der Waals surface area (Å²) >= 11 is 0. The van der Waals surface area contributed by atoms with Gasteiger partial charge in [-0.25, -0.2) is 19.9 Å². The molecule has 318 valence electrons. The molecule has 0 spiro atoms. The van der Waals surface area contributed by atoms with E-state index in [9.17, 15) is 0 Å². The highest BCUT2D eigenvalue weighted by molar-refractivity contribution is 5.80. The van der Waals surface area contributed by atoms with E-state index in [0.717, 1.165) is 67.3 Å². The first kappa shape index (κ1) is 39.5. The first-order valence-electron chi connectivity index (χ1n) is 23.3. The summed E-state index contributed by atoms with van der Waals surface area (Å²) in [4.78, 5) is 21.2. The standard InChI is InChI=1S/C64H42N4/c1-5-17-41(18-6-1)45-25-15-27-47(35-45)59-39-57(43-21-9-3-10-22-43)65-63(67-59)49-31-33-53-55(37-49)61-51-29-13-14-30-52(51)62(53)56-38-50(32-34-54(56)61)64-66-58(44-23-11-4-12-24-44)40-60(68-64)48-28-16-26-46(36-48)42-19-7-2-8-20-42/h1-40,61-62H. The maximum Gasteiger partial charge on any atom is 0.160 e. The van der Waals surface area contributed by atoms with Crippen LogP contribution in [0.1, 0.15) is 45.2 Å². The largest absolute Gasteiger partial charge is 0.228 e. The molecule has 3 aliphatic rings. The van der Waals surface area contributed by atoms with Gasteiger partial charge >= 0.3 is 0 Å². The quantitative estimate of drug-likeness (QED) is 0.153. The van der Waals surface area contributed by atoms with Crippen LogP contribution in [0.2, 0.25) is 0 Å². The molecule has 0 radical (unpaired) electrons. The Hall–Kier alpha value is -8.86. The van der Waals surface area contributed by atoms with E-state index in [-0.39, 0.29) is 11.8 Å². The van der Waals surface area contributed by atoms with Crippen LogP contribution in [-0.4, -0.2) is 19.9 Å². The summed E-state index contributed by atoms with van der Waals surface area (Å²) in [5, 5.41) is 0. The highest BCUT2D eigenvalue weighted by Crippen LogP contribution is 2.56. The molecule has 0 amide bonds. The van der Waals surface area contributed by atoms with Crippen molar-refractivity contribution in [2.45, 2.75) is 11.8 Å². The molecule has 0 saturated heterocycles. The summed E-state index contributed by atoms with van der Waals surface area (Å²) in [6, 6.07) is 86.3. The zero-order valence-electron chi connectivity index (χ0n) is 37.0. The van der Waals surface area contributed by atoms with Crippen molar-refractivity contribution in [1.82, 2.24) is 19.9 Å². The fourth-order valence-corrected chi connectivity index (χ4v) is 10.4. The van der Waals surface area contributed by atoms with Crippen LogP contribution in [0, 0.1) is 0 Å². The summed E-state index contributed by atoms with van der Waals surface area (Å²) in [7, 11) is 0. The smallest absolute Gasteiger partial charge is 0.160 e. The molecule has 2 bridgehead atoms. The Morgan fingerprint density at radius 2 is 0.500 bits per heavy atom. The van der Waals surface area contributed by atoms with Gasteiger partial charge in [-0.3, -0.25) is 0 Å². The molecular formula is C64H42N4. The highest BCUT2D eigenvalue weighted by atomic mass is 14.9. The zero-order valence-corrected chi connectivity index (χ0v) is 37.0. The van der Waals surface area contributed by atoms with Crippen LogP contribution in [0.4, 0.5) is 0 Å². The minimum Gasteiger partial charge on any atom is -0.228 e. The Morgan fingerprint density at radius 1 is 0.191 bits per heavy atom. The molecule has 0 aliphatic heterocycles. The first-order valence-corrected chi connectivity index (χ1v) is 23.3. The van der Waals surface area contributed by atoms with Gasteiger partial charge in [-0.2, -0.15) is 0 Å². The normalized spacial score (nSPS) is 14.2. The highest BCUT2D eigenvalue weighted by Gasteiger charge is 2.41. The Morgan fingerprint density at radius 3 is 0.897 bits per heavy atom. The molecule has 4 nitrogen and oxygen atoms in total. The lowest BCUT2D eigenvalue weighted by Crippen LogP contribution is -2.27. The number of rotatable bonds is 8. The number of aromatic nitrogens is 4. The van der Waals surface area contributed by atoms with Crippen molar-refractivity contribution < 1.29 is 0 Å². The summed E-state index contributed by atoms with van der Waals surface area (Å²) in [5.41, 5.74) is 22.4. The molecule has 2 aromatic heterocycles. The fourth-order valence-electron chi connectivity index (χ4n) is 10.4. The van der Waals surface area contributed by atoms with Crippen LogP contribution in [0.5, 0.6) is 0 Å². The number of hydrogen-bond acceptors (Lipinski definition) is 4. The van der Waals surface area contributed by atoms with Crippen LogP contribution < -0.4 is 0 Å². The van der Waals surface area contributed by atoms with Gasteiger partial charge in [0, 0.05) is 45.2 Å². The van der Waals surface area contributed by atoms with Crippen molar-refractivity contribution in [1.29, 1.82) is 0 Å². The minimum atomic E-state index is 0.0439. The van der Waals surface area contributed by atoms with Crippen molar-refractivity contribution in [2.24, 2.45) is 0 Å². The van der Waals surface area contributed by atoms with Crippen LogP contribution in [0.15, 0.2) is 243 Å². The first-order chi connectivity index (χ1) is 33.7. The van der Waals surface area contributed by atoms with Gasteiger partial charge in [-0.05, 0) is 92.0 Å². The Bertz CT molecular complexity index is 3440. The van der Waals surface area contributed by atoms with Gasteiger partial charge in [0.05, 0.1) is 22.8 Å². The SMILES string of the molecule is c1ccc(-c2cccc(-c3cc(-c4ccccc4)nc(-c4ccc5c(c4)C4c6ccccc6C5c5cc(-c6nc(-c7ccccc7)cc(-c7cccc(-c8ccccc8)c7)n6)ccc54)n3)c2)cc1. The van der Waals surface area contributed by atoms with E-state index in [1.54, 1.807) is 0 Å². The van der Waals surface area contributed by atoms with Gasteiger partial charge in [0.15, 0.2) is 11.6 Å².